The lowest BCUT2D eigenvalue weighted by atomic mass is 10.3. The molecule has 1 N–H and O–H groups in total. The summed E-state index contributed by atoms with van der Waals surface area (Å²) in [5.74, 6) is 0.940. The first-order valence-electron chi connectivity index (χ1n) is 6.34. The van der Waals surface area contributed by atoms with Gasteiger partial charge in [0.25, 0.3) is 0 Å². The fraction of sp³-hybridized carbons (Fsp3) is 0.538. The molecule has 5 nitrogen and oxygen atoms in total. The van der Waals surface area contributed by atoms with Crippen molar-refractivity contribution < 1.29 is 0 Å². The summed E-state index contributed by atoms with van der Waals surface area (Å²) in [5.41, 5.74) is 1.04. The van der Waals surface area contributed by atoms with Crippen molar-refractivity contribution in [1.82, 2.24) is 19.1 Å². The largest absolute Gasteiger partial charge is 0.353 e. The number of nitrogens with one attached hydrogen (secondary N) is 1. The average Bonchev–Trinajstić information content (AvgIpc) is 2.87. The molecule has 0 aliphatic carbocycles. The van der Waals surface area contributed by atoms with Crippen LogP contribution in [0.5, 0.6) is 0 Å². The van der Waals surface area contributed by atoms with Crippen LogP contribution in [0, 0.1) is 6.92 Å². The molecule has 18 heavy (non-hydrogen) atoms. The smallest absolute Gasteiger partial charge is 0.203 e. The third kappa shape index (κ3) is 2.91. The van der Waals surface area contributed by atoms with Crippen molar-refractivity contribution in [3.63, 3.8) is 0 Å². The molecule has 0 fully saturated rings. The number of rotatable bonds is 5. The van der Waals surface area contributed by atoms with Crippen molar-refractivity contribution in [1.29, 1.82) is 0 Å². The molecule has 0 amide bonds. The number of aromatic nitrogens is 4. The number of hydrogen-bond donors (Lipinski definition) is 1. The molecule has 0 bridgehead atoms. The van der Waals surface area contributed by atoms with Gasteiger partial charge in [-0.25, -0.2) is 9.97 Å². The first-order valence-corrected chi connectivity index (χ1v) is 6.34. The lowest BCUT2D eigenvalue weighted by molar-refractivity contribution is 0.466. The predicted molar refractivity (Wildman–Crippen MR) is 72.7 cm³/mol. The molecule has 0 saturated carbocycles. The topological polar surface area (TPSA) is 47.7 Å². The van der Waals surface area contributed by atoms with Crippen molar-refractivity contribution >= 4 is 5.95 Å². The standard InChI is InChI=1S/C13H21N5/c1-10(2)15-13-16-11(3)7-18(13)12(4)8-17-6-5-14-9-17/h5-7,9-10,12H,8H2,1-4H3,(H,15,16). The Morgan fingerprint density at radius 3 is 2.72 bits per heavy atom. The van der Waals surface area contributed by atoms with Gasteiger partial charge in [-0.3, -0.25) is 0 Å². The van der Waals surface area contributed by atoms with E-state index in [0.29, 0.717) is 12.1 Å². The molecule has 0 aromatic carbocycles. The van der Waals surface area contributed by atoms with E-state index in [2.05, 4.69) is 51.4 Å². The lowest BCUT2D eigenvalue weighted by Crippen LogP contribution is -2.18. The van der Waals surface area contributed by atoms with Gasteiger partial charge in [-0.2, -0.15) is 0 Å². The van der Waals surface area contributed by atoms with E-state index in [0.717, 1.165) is 18.2 Å². The fourth-order valence-corrected chi connectivity index (χ4v) is 2.00. The summed E-state index contributed by atoms with van der Waals surface area (Å²) in [7, 11) is 0. The molecular weight excluding hydrogens is 226 g/mol. The van der Waals surface area contributed by atoms with Crippen LogP contribution in [-0.2, 0) is 6.54 Å². The van der Waals surface area contributed by atoms with E-state index in [4.69, 9.17) is 0 Å². The number of anilines is 1. The van der Waals surface area contributed by atoms with E-state index in [1.165, 1.54) is 0 Å². The maximum absolute atomic E-state index is 4.53. The Morgan fingerprint density at radius 2 is 2.11 bits per heavy atom. The maximum atomic E-state index is 4.53. The maximum Gasteiger partial charge on any atom is 0.203 e. The molecule has 0 aliphatic heterocycles. The van der Waals surface area contributed by atoms with Crippen LogP contribution in [0.3, 0.4) is 0 Å². The van der Waals surface area contributed by atoms with Gasteiger partial charge in [-0.1, -0.05) is 0 Å². The van der Waals surface area contributed by atoms with Crippen molar-refractivity contribution in [2.45, 2.75) is 46.3 Å². The zero-order chi connectivity index (χ0) is 13.1. The van der Waals surface area contributed by atoms with Crippen LogP contribution in [0.15, 0.2) is 24.9 Å². The van der Waals surface area contributed by atoms with Crippen molar-refractivity contribution in [3.8, 4) is 0 Å². The molecule has 2 rings (SSSR count). The lowest BCUT2D eigenvalue weighted by Gasteiger charge is -2.18. The van der Waals surface area contributed by atoms with Crippen LogP contribution in [0.4, 0.5) is 5.95 Å². The summed E-state index contributed by atoms with van der Waals surface area (Å²) in [6, 6.07) is 0.715. The molecule has 2 heterocycles. The zero-order valence-electron chi connectivity index (χ0n) is 11.5. The molecule has 5 heteroatoms. The molecule has 98 valence electrons. The molecule has 0 radical (unpaired) electrons. The van der Waals surface area contributed by atoms with E-state index in [1.54, 1.807) is 6.20 Å². The highest BCUT2D eigenvalue weighted by molar-refractivity contribution is 5.30. The van der Waals surface area contributed by atoms with Gasteiger partial charge in [0.15, 0.2) is 0 Å². The van der Waals surface area contributed by atoms with Crippen molar-refractivity contribution in [2.24, 2.45) is 0 Å². The van der Waals surface area contributed by atoms with Crippen LogP contribution < -0.4 is 5.32 Å². The normalized spacial score (nSPS) is 12.9. The van der Waals surface area contributed by atoms with Crippen molar-refractivity contribution in [3.05, 3.63) is 30.6 Å². The highest BCUT2D eigenvalue weighted by atomic mass is 15.2. The number of imidazole rings is 2. The molecule has 2 aromatic heterocycles. The highest BCUT2D eigenvalue weighted by Crippen LogP contribution is 2.18. The summed E-state index contributed by atoms with van der Waals surface area (Å²) < 4.78 is 4.27. The second kappa shape index (κ2) is 5.25. The molecule has 0 aliphatic rings. The molecule has 2 aromatic rings. The van der Waals surface area contributed by atoms with Crippen LogP contribution in [-0.4, -0.2) is 25.1 Å². The summed E-state index contributed by atoms with van der Waals surface area (Å²) in [6.45, 7) is 9.34. The fourth-order valence-electron chi connectivity index (χ4n) is 2.00. The number of aryl methyl sites for hydroxylation is 1. The quantitative estimate of drug-likeness (QED) is 0.883. The summed E-state index contributed by atoms with van der Waals surface area (Å²) in [4.78, 5) is 8.60. The van der Waals surface area contributed by atoms with Crippen molar-refractivity contribution in [2.75, 3.05) is 5.32 Å². The number of hydrogen-bond acceptors (Lipinski definition) is 3. The Balaban J connectivity index is 2.16. The van der Waals surface area contributed by atoms with Crippen LogP contribution >= 0.6 is 0 Å². The minimum absolute atomic E-state index is 0.335. The summed E-state index contributed by atoms with van der Waals surface area (Å²) >= 11 is 0. The van der Waals surface area contributed by atoms with Crippen LogP contribution in [0.2, 0.25) is 0 Å². The van der Waals surface area contributed by atoms with E-state index < -0.39 is 0 Å². The zero-order valence-corrected chi connectivity index (χ0v) is 11.5. The van der Waals surface area contributed by atoms with Gasteiger partial charge in [0.2, 0.25) is 5.95 Å². The van der Waals surface area contributed by atoms with Gasteiger partial charge >= 0.3 is 0 Å². The highest BCUT2D eigenvalue weighted by Gasteiger charge is 2.12. The van der Waals surface area contributed by atoms with E-state index in [-0.39, 0.29) is 0 Å². The van der Waals surface area contributed by atoms with Gasteiger partial charge in [-0.05, 0) is 27.7 Å². The van der Waals surface area contributed by atoms with Gasteiger partial charge in [0, 0.05) is 31.2 Å². The van der Waals surface area contributed by atoms with Crippen LogP contribution in [0.1, 0.15) is 32.5 Å². The minimum Gasteiger partial charge on any atom is -0.353 e. The Morgan fingerprint density at radius 1 is 1.33 bits per heavy atom. The summed E-state index contributed by atoms with van der Waals surface area (Å²) in [6.07, 6.45) is 7.72. The van der Waals surface area contributed by atoms with Crippen LogP contribution in [0.25, 0.3) is 0 Å². The van der Waals surface area contributed by atoms with Gasteiger partial charge in [-0.15, -0.1) is 0 Å². The molecule has 0 spiro atoms. The minimum atomic E-state index is 0.335. The first-order chi connectivity index (χ1) is 8.56. The van der Waals surface area contributed by atoms with Gasteiger partial charge in [0.05, 0.1) is 18.1 Å². The molecule has 1 atom stereocenters. The first kappa shape index (κ1) is 12.7. The number of nitrogens with zero attached hydrogens (tertiary/aromatic N) is 4. The van der Waals surface area contributed by atoms with E-state index >= 15 is 0 Å². The Bertz CT molecular complexity index is 483. The third-order valence-electron chi connectivity index (χ3n) is 2.78. The third-order valence-corrected chi connectivity index (χ3v) is 2.78. The monoisotopic (exact) mass is 247 g/mol. The summed E-state index contributed by atoms with van der Waals surface area (Å²) in [5, 5.41) is 3.38. The Labute approximate surface area is 108 Å². The SMILES string of the molecule is Cc1cn(C(C)Cn2ccnc2)c(NC(C)C)n1. The molecular formula is C13H21N5. The second-order valence-electron chi connectivity index (χ2n) is 5.02. The molecule has 1 unspecified atom stereocenters. The van der Waals surface area contributed by atoms with E-state index in [1.807, 2.05) is 19.4 Å². The van der Waals surface area contributed by atoms with Gasteiger partial charge in [0.1, 0.15) is 0 Å². The Hall–Kier alpha value is -1.78. The van der Waals surface area contributed by atoms with Gasteiger partial charge < -0.3 is 14.5 Å². The second-order valence-corrected chi connectivity index (χ2v) is 5.02. The average molecular weight is 247 g/mol. The van der Waals surface area contributed by atoms with E-state index in [9.17, 15) is 0 Å². The molecule has 0 saturated heterocycles. The predicted octanol–water partition coefficient (Wildman–Crippen LogP) is 2.47. The Kier molecular flexibility index (Phi) is 3.69.